The molecule has 1 aromatic rings. The number of hydrogen-bond donors (Lipinski definition) is 1. The standard InChI is InChI=1S/C18H27N/c1-3-6-13-7-5-8-14(9-13)18(19-4-2)17-11-15-10-16(15)12-17/h5,7-9,15-19H,3-4,6,10-12H2,1-2H3. The van der Waals surface area contributed by atoms with Gasteiger partial charge in [-0.3, -0.25) is 0 Å². The molecule has 104 valence electrons. The summed E-state index contributed by atoms with van der Waals surface area (Å²) in [6.07, 6.45) is 6.89. The van der Waals surface area contributed by atoms with E-state index in [0.717, 1.165) is 24.3 Å². The number of rotatable bonds is 6. The van der Waals surface area contributed by atoms with Gasteiger partial charge in [-0.25, -0.2) is 0 Å². The Balaban J connectivity index is 1.76. The summed E-state index contributed by atoms with van der Waals surface area (Å²) in [6.45, 7) is 5.58. The first-order valence-corrected chi connectivity index (χ1v) is 8.14. The predicted octanol–water partition coefficient (Wildman–Crippen LogP) is 4.34. The average Bonchev–Trinajstić information content (AvgIpc) is 3.03. The number of benzene rings is 1. The van der Waals surface area contributed by atoms with Crippen LogP contribution in [-0.2, 0) is 6.42 Å². The first-order valence-electron chi connectivity index (χ1n) is 8.14. The van der Waals surface area contributed by atoms with Crippen LogP contribution >= 0.6 is 0 Å². The van der Waals surface area contributed by atoms with E-state index in [1.807, 2.05) is 0 Å². The lowest BCUT2D eigenvalue weighted by Crippen LogP contribution is -2.27. The Morgan fingerprint density at radius 2 is 1.95 bits per heavy atom. The van der Waals surface area contributed by atoms with Crippen LogP contribution in [0.25, 0.3) is 0 Å². The Hall–Kier alpha value is -0.820. The van der Waals surface area contributed by atoms with Crippen LogP contribution in [0.3, 0.4) is 0 Å². The normalized spacial score (nSPS) is 30.1. The zero-order valence-corrected chi connectivity index (χ0v) is 12.4. The fraction of sp³-hybridized carbons (Fsp3) is 0.667. The van der Waals surface area contributed by atoms with E-state index in [4.69, 9.17) is 0 Å². The topological polar surface area (TPSA) is 12.0 Å². The van der Waals surface area contributed by atoms with Gasteiger partial charge in [0.2, 0.25) is 0 Å². The summed E-state index contributed by atoms with van der Waals surface area (Å²) < 4.78 is 0. The van der Waals surface area contributed by atoms with Crippen LogP contribution in [0, 0.1) is 17.8 Å². The van der Waals surface area contributed by atoms with Crippen molar-refractivity contribution in [2.24, 2.45) is 17.8 Å². The van der Waals surface area contributed by atoms with Crippen LogP contribution < -0.4 is 5.32 Å². The molecule has 2 fully saturated rings. The van der Waals surface area contributed by atoms with E-state index < -0.39 is 0 Å². The summed E-state index contributed by atoms with van der Waals surface area (Å²) in [5.74, 6) is 3.02. The van der Waals surface area contributed by atoms with Gasteiger partial charge in [-0.15, -0.1) is 0 Å². The molecule has 3 unspecified atom stereocenters. The van der Waals surface area contributed by atoms with E-state index in [1.165, 1.54) is 43.2 Å². The van der Waals surface area contributed by atoms with Crippen LogP contribution in [0.5, 0.6) is 0 Å². The van der Waals surface area contributed by atoms with E-state index in [0.29, 0.717) is 6.04 Å². The van der Waals surface area contributed by atoms with Crippen LogP contribution in [0.2, 0.25) is 0 Å². The van der Waals surface area contributed by atoms with Gasteiger partial charge in [-0.2, -0.15) is 0 Å². The highest BCUT2D eigenvalue weighted by Crippen LogP contribution is 2.57. The Morgan fingerprint density at radius 3 is 2.63 bits per heavy atom. The molecule has 0 bridgehead atoms. The molecule has 0 heterocycles. The molecule has 1 heteroatoms. The van der Waals surface area contributed by atoms with Crippen molar-refractivity contribution in [3.63, 3.8) is 0 Å². The van der Waals surface area contributed by atoms with E-state index in [-0.39, 0.29) is 0 Å². The highest BCUT2D eigenvalue weighted by atomic mass is 14.9. The first-order chi connectivity index (χ1) is 9.31. The van der Waals surface area contributed by atoms with Gasteiger partial charge in [0.25, 0.3) is 0 Å². The van der Waals surface area contributed by atoms with Crippen LogP contribution in [0.15, 0.2) is 24.3 Å². The molecule has 0 aliphatic heterocycles. The van der Waals surface area contributed by atoms with Gasteiger partial charge < -0.3 is 5.32 Å². The molecule has 1 nitrogen and oxygen atoms in total. The SMILES string of the molecule is CCCc1cccc(C(NCC)C2CC3CC3C2)c1. The summed E-state index contributed by atoms with van der Waals surface area (Å²) in [4.78, 5) is 0. The van der Waals surface area contributed by atoms with Gasteiger partial charge >= 0.3 is 0 Å². The minimum atomic E-state index is 0.592. The van der Waals surface area contributed by atoms with Crippen molar-refractivity contribution in [2.45, 2.75) is 52.0 Å². The van der Waals surface area contributed by atoms with Gasteiger partial charge in [0, 0.05) is 6.04 Å². The fourth-order valence-electron chi connectivity index (χ4n) is 4.04. The third-order valence-corrected chi connectivity index (χ3v) is 5.02. The summed E-state index contributed by atoms with van der Waals surface area (Å²) >= 11 is 0. The molecule has 2 saturated carbocycles. The van der Waals surface area contributed by atoms with Gasteiger partial charge in [0.1, 0.15) is 0 Å². The van der Waals surface area contributed by atoms with Gasteiger partial charge in [-0.1, -0.05) is 44.5 Å². The second-order valence-electron chi connectivity index (χ2n) is 6.52. The van der Waals surface area contributed by atoms with Gasteiger partial charge in [-0.05, 0) is 61.1 Å². The first kappa shape index (κ1) is 13.2. The second kappa shape index (κ2) is 5.66. The highest BCUT2D eigenvalue weighted by Gasteiger charge is 2.47. The van der Waals surface area contributed by atoms with Crippen LogP contribution in [-0.4, -0.2) is 6.54 Å². The fourth-order valence-corrected chi connectivity index (χ4v) is 4.04. The quantitative estimate of drug-likeness (QED) is 0.799. The molecule has 19 heavy (non-hydrogen) atoms. The molecular formula is C18H27N. The molecule has 1 N–H and O–H groups in total. The molecular weight excluding hydrogens is 230 g/mol. The van der Waals surface area contributed by atoms with Crippen LogP contribution in [0.1, 0.15) is 56.7 Å². The van der Waals surface area contributed by atoms with Gasteiger partial charge in [0.15, 0.2) is 0 Å². The lowest BCUT2D eigenvalue weighted by molar-refractivity contribution is 0.346. The highest BCUT2D eigenvalue weighted by molar-refractivity contribution is 5.27. The zero-order valence-electron chi connectivity index (χ0n) is 12.4. The molecule has 0 saturated heterocycles. The minimum absolute atomic E-state index is 0.592. The van der Waals surface area contributed by atoms with Crippen molar-refractivity contribution in [1.82, 2.24) is 5.32 Å². The summed E-state index contributed by atoms with van der Waals surface area (Å²) in [7, 11) is 0. The molecule has 0 aromatic heterocycles. The molecule has 1 aromatic carbocycles. The number of hydrogen-bond acceptors (Lipinski definition) is 1. The molecule has 3 atom stereocenters. The third kappa shape index (κ3) is 2.86. The Kier molecular flexibility index (Phi) is 3.93. The molecule has 2 aliphatic rings. The molecule has 3 rings (SSSR count). The van der Waals surface area contributed by atoms with Crippen LogP contribution in [0.4, 0.5) is 0 Å². The van der Waals surface area contributed by atoms with Crippen molar-refractivity contribution in [1.29, 1.82) is 0 Å². The number of fused-ring (bicyclic) bond motifs is 1. The Morgan fingerprint density at radius 1 is 1.16 bits per heavy atom. The predicted molar refractivity (Wildman–Crippen MR) is 81.2 cm³/mol. The maximum atomic E-state index is 3.75. The van der Waals surface area contributed by atoms with Crippen molar-refractivity contribution in [3.05, 3.63) is 35.4 Å². The Labute approximate surface area is 117 Å². The monoisotopic (exact) mass is 257 g/mol. The van der Waals surface area contributed by atoms with Crippen molar-refractivity contribution < 1.29 is 0 Å². The molecule has 0 spiro atoms. The Bertz CT molecular complexity index is 415. The second-order valence-corrected chi connectivity index (χ2v) is 6.52. The largest absolute Gasteiger partial charge is 0.310 e. The van der Waals surface area contributed by atoms with Gasteiger partial charge in [0.05, 0.1) is 0 Å². The molecule has 0 radical (unpaired) electrons. The van der Waals surface area contributed by atoms with Crippen molar-refractivity contribution >= 4 is 0 Å². The molecule has 0 amide bonds. The van der Waals surface area contributed by atoms with E-state index in [1.54, 1.807) is 0 Å². The number of nitrogens with one attached hydrogen (secondary N) is 1. The molecule has 2 aliphatic carbocycles. The minimum Gasteiger partial charge on any atom is -0.310 e. The van der Waals surface area contributed by atoms with E-state index in [9.17, 15) is 0 Å². The maximum absolute atomic E-state index is 3.75. The summed E-state index contributed by atoms with van der Waals surface area (Å²) in [5.41, 5.74) is 3.03. The lowest BCUT2D eigenvalue weighted by atomic mass is 9.88. The smallest absolute Gasteiger partial charge is 0.0348 e. The third-order valence-electron chi connectivity index (χ3n) is 5.02. The number of aryl methyl sites for hydroxylation is 1. The van der Waals surface area contributed by atoms with E-state index >= 15 is 0 Å². The van der Waals surface area contributed by atoms with Crippen molar-refractivity contribution in [2.75, 3.05) is 6.54 Å². The average molecular weight is 257 g/mol. The summed E-state index contributed by atoms with van der Waals surface area (Å²) in [5, 5.41) is 3.75. The zero-order chi connectivity index (χ0) is 13.2. The van der Waals surface area contributed by atoms with Crippen molar-refractivity contribution in [3.8, 4) is 0 Å². The lowest BCUT2D eigenvalue weighted by Gasteiger charge is -2.26. The summed E-state index contributed by atoms with van der Waals surface area (Å²) in [6, 6.07) is 9.90. The van der Waals surface area contributed by atoms with E-state index in [2.05, 4.69) is 43.4 Å². The maximum Gasteiger partial charge on any atom is 0.0348 e.